The highest BCUT2D eigenvalue weighted by atomic mass is 35.5. The first-order valence-electron chi connectivity index (χ1n) is 8.48. The van der Waals surface area contributed by atoms with Crippen LogP contribution < -0.4 is 15.0 Å². The zero-order valence-electron chi connectivity index (χ0n) is 15.2. The molecule has 2 aromatic carbocycles. The summed E-state index contributed by atoms with van der Waals surface area (Å²) < 4.78 is 5.37. The molecule has 5 nitrogen and oxygen atoms in total. The van der Waals surface area contributed by atoms with Gasteiger partial charge in [-0.2, -0.15) is 0 Å². The van der Waals surface area contributed by atoms with Crippen molar-refractivity contribution in [2.24, 2.45) is 0 Å². The summed E-state index contributed by atoms with van der Waals surface area (Å²) in [4.78, 5) is 25.8. The summed E-state index contributed by atoms with van der Waals surface area (Å²) in [6.07, 6.45) is 0.179. The van der Waals surface area contributed by atoms with Crippen molar-refractivity contribution in [1.82, 2.24) is 0 Å². The Balaban J connectivity index is 1.99. The molecule has 6 heteroatoms. The monoisotopic (exact) mass is 374 g/mol. The predicted octanol–water partition coefficient (Wildman–Crippen LogP) is 4.43. The minimum atomic E-state index is -0.167. The van der Waals surface area contributed by atoms with Crippen LogP contribution in [0.25, 0.3) is 0 Å². The van der Waals surface area contributed by atoms with Gasteiger partial charge in [0.1, 0.15) is 5.75 Å². The van der Waals surface area contributed by atoms with E-state index in [1.165, 1.54) is 6.92 Å². The Morgan fingerprint density at radius 3 is 2.46 bits per heavy atom. The molecule has 0 saturated heterocycles. The quantitative estimate of drug-likeness (QED) is 0.779. The number of carbonyl (C=O) groups excluding carboxylic acids is 2. The van der Waals surface area contributed by atoms with Gasteiger partial charge in [0, 0.05) is 36.3 Å². The first kappa shape index (κ1) is 19.8. The van der Waals surface area contributed by atoms with E-state index in [1.54, 1.807) is 41.3 Å². The second kappa shape index (κ2) is 9.25. The Morgan fingerprint density at radius 2 is 1.85 bits per heavy atom. The smallest absolute Gasteiger partial charge is 0.226 e. The third-order valence-electron chi connectivity index (χ3n) is 3.92. The zero-order chi connectivity index (χ0) is 19.1. The molecule has 0 aliphatic carbocycles. The molecule has 0 aromatic heterocycles. The van der Waals surface area contributed by atoms with E-state index in [1.807, 2.05) is 19.9 Å². The van der Waals surface area contributed by atoms with Crippen LogP contribution in [0.3, 0.4) is 0 Å². The van der Waals surface area contributed by atoms with Crippen molar-refractivity contribution in [2.45, 2.75) is 27.2 Å². The Bertz CT molecular complexity index is 775. The molecule has 2 aromatic rings. The van der Waals surface area contributed by atoms with Crippen LogP contribution in [0.5, 0.6) is 5.75 Å². The average molecular weight is 375 g/mol. The molecule has 0 fully saturated rings. The molecule has 2 amide bonds. The van der Waals surface area contributed by atoms with E-state index in [9.17, 15) is 9.59 Å². The van der Waals surface area contributed by atoms with Crippen LogP contribution in [0.4, 0.5) is 11.4 Å². The van der Waals surface area contributed by atoms with Crippen LogP contribution in [-0.4, -0.2) is 25.0 Å². The molecule has 1 N–H and O–H groups in total. The van der Waals surface area contributed by atoms with Gasteiger partial charge in [-0.25, -0.2) is 0 Å². The Hall–Kier alpha value is -2.53. The number of amides is 2. The van der Waals surface area contributed by atoms with Gasteiger partial charge in [0.2, 0.25) is 11.8 Å². The van der Waals surface area contributed by atoms with Gasteiger partial charge in [0.05, 0.1) is 6.61 Å². The van der Waals surface area contributed by atoms with Crippen LogP contribution in [0.2, 0.25) is 5.02 Å². The largest absolute Gasteiger partial charge is 0.494 e. The maximum absolute atomic E-state index is 12.2. The Kier molecular flexibility index (Phi) is 7.04. The molecule has 0 radical (unpaired) electrons. The minimum absolute atomic E-state index is 0.135. The lowest BCUT2D eigenvalue weighted by atomic mass is 10.1. The summed E-state index contributed by atoms with van der Waals surface area (Å²) >= 11 is 6.14. The van der Waals surface area contributed by atoms with Crippen molar-refractivity contribution in [3.05, 3.63) is 53.1 Å². The lowest BCUT2D eigenvalue weighted by Crippen LogP contribution is -2.32. The van der Waals surface area contributed by atoms with Crippen molar-refractivity contribution in [2.75, 3.05) is 23.4 Å². The SMILES string of the molecule is CCOc1ccc(NC(=O)CCN(C(C)=O)c2cccc(Cl)c2C)cc1. The normalized spacial score (nSPS) is 10.3. The van der Waals surface area contributed by atoms with E-state index < -0.39 is 0 Å². The number of carbonyl (C=O) groups is 2. The minimum Gasteiger partial charge on any atom is -0.494 e. The molecule has 2 rings (SSSR count). The number of benzene rings is 2. The third-order valence-corrected chi connectivity index (χ3v) is 4.33. The van der Waals surface area contributed by atoms with Gasteiger partial charge < -0.3 is 15.0 Å². The lowest BCUT2D eigenvalue weighted by molar-refractivity contribution is -0.117. The number of anilines is 2. The van der Waals surface area contributed by atoms with Gasteiger partial charge in [-0.3, -0.25) is 9.59 Å². The molecule has 26 heavy (non-hydrogen) atoms. The van der Waals surface area contributed by atoms with Crippen LogP contribution in [0, 0.1) is 6.92 Å². The van der Waals surface area contributed by atoms with Gasteiger partial charge in [-0.15, -0.1) is 0 Å². The van der Waals surface area contributed by atoms with E-state index in [0.29, 0.717) is 17.3 Å². The molecule has 0 unspecified atom stereocenters. The molecule has 0 spiro atoms. The Morgan fingerprint density at radius 1 is 1.15 bits per heavy atom. The molecule has 0 heterocycles. The van der Waals surface area contributed by atoms with Crippen molar-refractivity contribution < 1.29 is 14.3 Å². The first-order chi connectivity index (χ1) is 12.4. The van der Waals surface area contributed by atoms with Crippen LogP contribution in [-0.2, 0) is 9.59 Å². The van der Waals surface area contributed by atoms with E-state index in [0.717, 1.165) is 17.0 Å². The number of ether oxygens (including phenoxy) is 1. The second-order valence-corrected chi connectivity index (χ2v) is 6.22. The van der Waals surface area contributed by atoms with Gasteiger partial charge in [0.15, 0.2) is 0 Å². The van der Waals surface area contributed by atoms with Crippen LogP contribution in [0.1, 0.15) is 25.8 Å². The molecule has 0 aliphatic heterocycles. The molecule has 0 atom stereocenters. The molecular formula is C20H23ClN2O3. The summed E-state index contributed by atoms with van der Waals surface area (Å²) in [6.45, 7) is 6.12. The van der Waals surface area contributed by atoms with Crippen LogP contribution in [0.15, 0.2) is 42.5 Å². The fraction of sp³-hybridized carbons (Fsp3) is 0.300. The lowest BCUT2D eigenvalue weighted by Gasteiger charge is -2.23. The number of hydrogen-bond acceptors (Lipinski definition) is 3. The Labute approximate surface area is 158 Å². The number of rotatable bonds is 7. The van der Waals surface area contributed by atoms with Gasteiger partial charge in [0.25, 0.3) is 0 Å². The fourth-order valence-electron chi connectivity index (χ4n) is 2.57. The molecule has 138 valence electrons. The average Bonchev–Trinajstić information content (AvgIpc) is 2.60. The number of nitrogens with zero attached hydrogens (tertiary/aromatic N) is 1. The summed E-state index contributed by atoms with van der Waals surface area (Å²) in [5.41, 5.74) is 2.22. The van der Waals surface area contributed by atoms with Crippen molar-refractivity contribution in [3.8, 4) is 5.75 Å². The molecule has 0 bridgehead atoms. The maximum atomic E-state index is 12.2. The van der Waals surface area contributed by atoms with E-state index in [2.05, 4.69) is 5.32 Å². The number of hydrogen-bond donors (Lipinski definition) is 1. The molecule has 0 saturated carbocycles. The number of nitrogens with one attached hydrogen (secondary N) is 1. The van der Waals surface area contributed by atoms with Gasteiger partial charge >= 0.3 is 0 Å². The van der Waals surface area contributed by atoms with Crippen molar-refractivity contribution in [1.29, 1.82) is 0 Å². The maximum Gasteiger partial charge on any atom is 0.226 e. The fourth-order valence-corrected chi connectivity index (χ4v) is 2.74. The van der Waals surface area contributed by atoms with Crippen molar-refractivity contribution >= 4 is 34.8 Å². The molecular weight excluding hydrogens is 352 g/mol. The highest BCUT2D eigenvalue weighted by Crippen LogP contribution is 2.27. The van der Waals surface area contributed by atoms with Crippen molar-refractivity contribution in [3.63, 3.8) is 0 Å². The standard InChI is InChI=1S/C20H23ClN2O3/c1-4-26-17-10-8-16(9-11-17)22-20(25)12-13-23(15(3)24)19-7-5-6-18(21)14(19)2/h5-11H,4,12-13H2,1-3H3,(H,22,25). The van der Waals surface area contributed by atoms with Gasteiger partial charge in [-0.1, -0.05) is 17.7 Å². The zero-order valence-corrected chi connectivity index (χ0v) is 16.0. The predicted molar refractivity (Wildman–Crippen MR) is 105 cm³/mol. The third kappa shape index (κ3) is 5.23. The second-order valence-electron chi connectivity index (χ2n) is 5.81. The highest BCUT2D eigenvalue weighted by Gasteiger charge is 2.16. The summed E-state index contributed by atoms with van der Waals surface area (Å²) in [5, 5.41) is 3.41. The van der Waals surface area contributed by atoms with E-state index in [4.69, 9.17) is 16.3 Å². The van der Waals surface area contributed by atoms with Crippen LogP contribution >= 0.6 is 11.6 Å². The molecule has 0 aliphatic rings. The van der Waals surface area contributed by atoms with E-state index >= 15 is 0 Å². The van der Waals surface area contributed by atoms with E-state index in [-0.39, 0.29) is 24.8 Å². The summed E-state index contributed by atoms with van der Waals surface area (Å²) in [6, 6.07) is 12.6. The summed E-state index contributed by atoms with van der Waals surface area (Å²) in [5.74, 6) is 0.453. The first-order valence-corrected chi connectivity index (χ1v) is 8.86. The van der Waals surface area contributed by atoms with Gasteiger partial charge in [-0.05, 0) is 55.8 Å². The number of halogens is 1. The topological polar surface area (TPSA) is 58.6 Å². The highest BCUT2D eigenvalue weighted by molar-refractivity contribution is 6.31. The summed E-state index contributed by atoms with van der Waals surface area (Å²) in [7, 11) is 0.